The van der Waals surface area contributed by atoms with Crippen LogP contribution in [-0.4, -0.2) is 45.7 Å². The van der Waals surface area contributed by atoms with Gasteiger partial charge in [-0.25, -0.2) is 14.4 Å². The molecule has 1 aliphatic heterocycles. The van der Waals surface area contributed by atoms with Crippen LogP contribution in [0.4, 0.5) is 10.2 Å². The van der Waals surface area contributed by atoms with Gasteiger partial charge in [0.05, 0.1) is 5.69 Å². The third kappa shape index (κ3) is 2.82. The molecule has 1 saturated heterocycles. The summed E-state index contributed by atoms with van der Waals surface area (Å²) in [6.07, 6.45) is 3.97. The van der Waals surface area contributed by atoms with Gasteiger partial charge in [0.25, 0.3) is 0 Å². The van der Waals surface area contributed by atoms with Gasteiger partial charge >= 0.3 is 0 Å². The first-order valence-corrected chi connectivity index (χ1v) is 9.09. The quantitative estimate of drug-likeness (QED) is 0.906. The number of nitrogens with two attached hydrogens (primary N) is 1. The first-order valence-electron chi connectivity index (χ1n) is 9.09. The number of nitrogen functional groups attached to an aromatic ring is 1. The Hall–Kier alpha value is -1.95. The first-order chi connectivity index (χ1) is 12.0. The molecule has 25 heavy (non-hydrogen) atoms. The van der Waals surface area contributed by atoms with Gasteiger partial charge in [-0.1, -0.05) is 13.8 Å². The Labute approximate surface area is 148 Å². The summed E-state index contributed by atoms with van der Waals surface area (Å²) >= 11 is 0. The van der Waals surface area contributed by atoms with Crippen LogP contribution in [0.3, 0.4) is 0 Å². The maximum absolute atomic E-state index is 12.6. The van der Waals surface area contributed by atoms with Crippen LogP contribution in [-0.2, 0) is 0 Å². The smallest absolute Gasteiger partial charge is 0.126 e. The Bertz CT molecular complexity index is 772. The van der Waals surface area contributed by atoms with E-state index < -0.39 is 0 Å². The van der Waals surface area contributed by atoms with Crippen LogP contribution in [0.2, 0.25) is 0 Å². The van der Waals surface area contributed by atoms with Crippen LogP contribution in [0.15, 0.2) is 18.5 Å². The van der Waals surface area contributed by atoms with Gasteiger partial charge in [0.15, 0.2) is 0 Å². The number of hydrogen-bond donors (Lipinski definition) is 1. The van der Waals surface area contributed by atoms with E-state index in [1.165, 1.54) is 0 Å². The minimum atomic E-state index is -0.250. The lowest BCUT2D eigenvalue weighted by molar-refractivity contribution is 0.257. The Morgan fingerprint density at radius 2 is 2.04 bits per heavy atom. The van der Waals surface area contributed by atoms with Crippen LogP contribution in [0.1, 0.15) is 37.2 Å². The van der Waals surface area contributed by atoms with E-state index in [4.69, 9.17) is 10.7 Å². The topological polar surface area (TPSA) is 60.0 Å². The monoisotopic (exact) mass is 343 g/mol. The standard InChI is InChI=1S/C19H26FN5/c1-11(2)19-23-16(13-6-12(3)18(21)22-7-13)10-25(19)17-14-8-24(5-4-20)9-15(14)17/h6-7,10-11,14-15,17H,4-5,8-9H2,1-3H3,(H2,21,22)/t14-,15+,17?. The minimum absolute atomic E-state index is 0.250. The maximum Gasteiger partial charge on any atom is 0.126 e. The van der Waals surface area contributed by atoms with Gasteiger partial charge in [0, 0.05) is 49.6 Å². The van der Waals surface area contributed by atoms with E-state index >= 15 is 0 Å². The fourth-order valence-electron chi connectivity index (χ4n) is 4.24. The first kappa shape index (κ1) is 16.5. The lowest BCUT2D eigenvalue weighted by Gasteiger charge is -2.19. The van der Waals surface area contributed by atoms with Crippen molar-refractivity contribution in [1.29, 1.82) is 0 Å². The number of halogens is 1. The van der Waals surface area contributed by atoms with Gasteiger partial charge in [0.2, 0.25) is 0 Å². The van der Waals surface area contributed by atoms with Gasteiger partial charge in [0.1, 0.15) is 18.3 Å². The zero-order valence-electron chi connectivity index (χ0n) is 15.1. The molecular formula is C19H26FN5. The lowest BCUT2D eigenvalue weighted by atomic mass is 10.1. The van der Waals surface area contributed by atoms with Crippen molar-refractivity contribution in [3.05, 3.63) is 29.8 Å². The summed E-state index contributed by atoms with van der Waals surface area (Å²) < 4.78 is 14.9. The number of fused-ring (bicyclic) bond motifs is 1. The van der Waals surface area contributed by atoms with Crippen molar-refractivity contribution in [2.45, 2.75) is 32.7 Å². The molecule has 1 saturated carbocycles. The number of aryl methyl sites for hydroxylation is 1. The van der Waals surface area contributed by atoms with Crippen molar-refractivity contribution in [1.82, 2.24) is 19.4 Å². The predicted octanol–water partition coefficient (Wildman–Crippen LogP) is 3.03. The molecule has 2 N–H and O–H groups in total. The van der Waals surface area contributed by atoms with Crippen LogP contribution in [0, 0.1) is 18.8 Å². The Kier molecular flexibility index (Phi) is 4.02. The third-order valence-corrected chi connectivity index (χ3v) is 5.64. The lowest BCUT2D eigenvalue weighted by Crippen LogP contribution is -2.27. The van der Waals surface area contributed by atoms with Crippen LogP contribution >= 0.6 is 0 Å². The number of likely N-dealkylation sites (tertiary alicyclic amines) is 1. The Morgan fingerprint density at radius 3 is 2.64 bits per heavy atom. The van der Waals surface area contributed by atoms with Crippen LogP contribution < -0.4 is 5.73 Å². The van der Waals surface area contributed by atoms with E-state index in [2.05, 4.69) is 40.6 Å². The van der Waals surface area contributed by atoms with E-state index in [9.17, 15) is 4.39 Å². The van der Waals surface area contributed by atoms with Gasteiger partial charge in [-0.15, -0.1) is 0 Å². The van der Waals surface area contributed by atoms with E-state index in [0.29, 0.717) is 36.2 Å². The number of piperidine rings is 1. The number of imidazole rings is 1. The number of rotatable bonds is 5. The average Bonchev–Trinajstić information content (AvgIpc) is 2.95. The van der Waals surface area contributed by atoms with Crippen LogP contribution in [0.5, 0.6) is 0 Å². The molecule has 134 valence electrons. The van der Waals surface area contributed by atoms with E-state index in [0.717, 1.165) is 35.7 Å². The highest BCUT2D eigenvalue weighted by Crippen LogP contribution is 2.56. The molecule has 0 bridgehead atoms. The highest BCUT2D eigenvalue weighted by Gasteiger charge is 2.57. The second-order valence-electron chi connectivity index (χ2n) is 7.74. The molecule has 0 spiro atoms. The summed E-state index contributed by atoms with van der Waals surface area (Å²) in [7, 11) is 0. The molecule has 2 aromatic rings. The molecule has 2 fully saturated rings. The van der Waals surface area contributed by atoms with Gasteiger partial charge in [-0.3, -0.25) is 0 Å². The van der Waals surface area contributed by atoms with E-state index in [-0.39, 0.29) is 6.67 Å². The zero-order chi connectivity index (χ0) is 17.7. The number of nitrogens with zero attached hydrogens (tertiary/aromatic N) is 4. The number of aromatic nitrogens is 3. The van der Waals surface area contributed by atoms with Gasteiger partial charge in [-0.2, -0.15) is 0 Å². The van der Waals surface area contributed by atoms with Crippen LogP contribution in [0.25, 0.3) is 11.3 Å². The fraction of sp³-hybridized carbons (Fsp3) is 0.579. The predicted molar refractivity (Wildman–Crippen MR) is 97.1 cm³/mol. The second kappa shape index (κ2) is 6.09. The molecule has 0 radical (unpaired) electrons. The molecule has 6 heteroatoms. The van der Waals surface area contributed by atoms with Crippen molar-refractivity contribution < 1.29 is 4.39 Å². The Morgan fingerprint density at radius 1 is 1.32 bits per heavy atom. The van der Waals surface area contributed by atoms with E-state index in [1.807, 2.05) is 6.92 Å². The van der Waals surface area contributed by atoms with E-state index in [1.54, 1.807) is 6.20 Å². The summed E-state index contributed by atoms with van der Waals surface area (Å²) in [6.45, 7) is 8.67. The fourth-order valence-corrected chi connectivity index (χ4v) is 4.24. The Balaban J connectivity index is 1.61. The summed E-state index contributed by atoms with van der Waals surface area (Å²) in [4.78, 5) is 11.4. The zero-order valence-corrected chi connectivity index (χ0v) is 15.1. The normalized spacial score (nSPS) is 25.6. The highest BCUT2D eigenvalue weighted by atomic mass is 19.1. The second-order valence-corrected chi connectivity index (χ2v) is 7.74. The number of alkyl halides is 1. The summed E-state index contributed by atoms with van der Waals surface area (Å²) in [5, 5.41) is 0. The number of hydrogen-bond acceptors (Lipinski definition) is 4. The van der Waals surface area contributed by atoms with Crippen molar-refractivity contribution in [3.8, 4) is 11.3 Å². The molecule has 1 unspecified atom stereocenters. The molecule has 2 aromatic heterocycles. The minimum Gasteiger partial charge on any atom is -0.383 e. The van der Waals surface area contributed by atoms with Crippen molar-refractivity contribution in [2.24, 2.45) is 11.8 Å². The van der Waals surface area contributed by atoms with Crippen molar-refractivity contribution in [2.75, 3.05) is 32.0 Å². The summed E-state index contributed by atoms with van der Waals surface area (Å²) in [5.74, 6) is 3.33. The maximum atomic E-state index is 12.6. The molecule has 3 heterocycles. The molecule has 0 aromatic carbocycles. The SMILES string of the molecule is Cc1cc(-c2cn(C3[C@H]4CN(CCF)C[C@@H]34)c(C(C)C)n2)cnc1N. The summed E-state index contributed by atoms with van der Waals surface area (Å²) in [6, 6.07) is 2.56. The van der Waals surface area contributed by atoms with Crippen molar-refractivity contribution >= 4 is 5.82 Å². The molecule has 2 aliphatic rings. The molecule has 3 atom stereocenters. The summed E-state index contributed by atoms with van der Waals surface area (Å²) in [5.41, 5.74) is 8.79. The molecule has 4 rings (SSSR count). The molecule has 0 amide bonds. The van der Waals surface area contributed by atoms with Crippen molar-refractivity contribution in [3.63, 3.8) is 0 Å². The van der Waals surface area contributed by atoms with Gasteiger partial charge in [-0.05, 0) is 30.4 Å². The largest absolute Gasteiger partial charge is 0.383 e. The highest BCUT2D eigenvalue weighted by molar-refractivity contribution is 5.61. The average molecular weight is 343 g/mol. The number of pyridine rings is 1. The number of anilines is 1. The molecule has 1 aliphatic carbocycles. The molecule has 5 nitrogen and oxygen atoms in total. The molecular weight excluding hydrogens is 317 g/mol. The third-order valence-electron chi connectivity index (χ3n) is 5.64. The van der Waals surface area contributed by atoms with Gasteiger partial charge < -0.3 is 15.2 Å².